The molecule has 34 heavy (non-hydrogen) atoms. The molecule has 0 amide bonds. The molecule has 170 valence electrons. The molecule has 0 bridgehead atoms. The van der Waals surface area contributed by atoms with Gasteiger partial charge >= 0.3 is 12.1 Å². The van der Waals surface area contributed by atoms with Crippen LogP contribution in [0.3, 0.4) is 0 Å². The van der Waals surface area contributed by atoms with Gasteiger partial charge in [-0.3, -0.25) is 0 Å². The highest BCUT2D eigenvalue weighted by molar-refractivity contribution is 6.05. The molecule has 4 aromatic carbocycles. The zero-order valence-electron chi connectivity index (χ0n) is 17.4. The highest BCUT2D eigenvalue weighted by atomic mass is 19.4. The molecule has 3 nitrogen and oxygen atoms in total. The Bertz CT molecular complexity index is 1500. The van der Waals surface area contributed by atoms with Crippen LogP contribution in [-0.4, -0.2) is 16.4 Å². The molecule has 0 saturated heterocycles. The smallest absolute Gasteiger partial charge is 0.437 e. The molecule has 0 atom stereocenters. The second kappa shape index (κ2) is 8.06. The minimum absolute atomic E-state index is 0.175. The summed E-state index contributed by atoms with van der Waals surface area (Å²) in [5.41, 5.74) is -0.00109. The van der Waals surface area contributed by atoms with E-state index in [0.29, 0.717) is 22.5 Å². The molecule has 5 rings (SSSR count). The van der Waals surface area contributed by atoms with Crippen molar-refractivity contribution in [3.8, 4) is 22.9 Å². The summed E-state index contributed by atoms with van der Waals surface area (Å²) in [6.07, 6.45) is -5.78. The van der Waals surface area contributed by atoms with Crippen LogP contribution in [0.5, 0.6) is 11.6 Å². The predicted octanol–water partition coefficient (Wildman–Crippen LogP) is 7.90. The fourth-order valence-corrected chi connectivity index (χ4v) is 3.77. The lowest BCUT2D eigenvalue weighted by Gasteiger charge is -2.22. The number of fused-ring (bicyclic) bond motifs is 2. The van der Waals surface area contributed by atoms with E-state index in [0.717, 1.165) is 28.5 Å². The van der Waals surface area contributed by atoms with E-state index in [-0.39, 0.29) is 5.88 Å². The zero-order chi connectivity index (χ0) is 23.9. The number of halogens is 5. The SMILES string of the molecule is FC(F)(F)C(F)(F)c1ccccc1Oc1nnc(-c2ccccc2)c2cc3ccccc3cc12. The van der Waals surface area contributed by atoms with Crippen molar-refractivity contribution in [3.05, 3.63) is 96.6 Å². The first kappa shape index (κ1) is 21.8. The van der Waals surface area contributed by atoms with Gasteiger partial charge in [-0.2, -0.15) is 22.0 Å². The summed E-state index contributed by atoms with van der Waals surface area (Å²) in [5.74, 6) is -5.93. The number of hydrogen-bond donors (Lipinski definition) is 0. The third kappa shape index (κ3) is 3.71. The van der Waals surface area contributed by atoms with Gasteiger partial charge in [-0.1, -0.05) is 66.7 Å². The van der Waals surface area contributed by atoms with Crippen LogP contribution in [0.25, 0.3) is 32.8 Å². The quantitative estimate of drug-likeness (QED) is 0.200. The molecule has 8 heteroatoms. The number of para-hydroxylation sites is 1. The van der Waals surface area contributed by atoms with Gasteiger partial charge in [0.25, 0.3) is 0 Å². The molecule has 0 spiro atoms. The number of aromatic nitrogens is 2. The molecule has 0 unspecified atom stereocenters. The lowest BCUT2D eigenvalue weighted by Crippen LogP contribution is -2.33. The third-order valence-corrected chi connectivity index (χ3v) is 5.45. The molecular formula is C26H15F5N2O. The van der Waals surface area contributed by atoms with Gasteiger partial charge in [0, 0.05) is 16.3 Å². The van der Waals surface area contributed by atoms with Crippen molar-refractivity contribution >= 4 is 21.5 Å². The molecule has 0 N–H and O–H groups in total. The number of alkyl halides is 5. The summed E-state index contributed by atoms with van der Waals surface area (Å²) in [5, 5.41) is 11.1. The van der Waals surface area contributed by atoms with Crippen molar-refractivity contribution in [3.63, 3.8) is 0 Å². The minimum Gasteiger partial charge on any atom is -0.437 e. The summed E-state index contributed by atoms with van der Waals surface area (Å²) in [6.45, 7) is 0. The van der Waals surface area contributed by atoms with E-state index in [1.165, 1.54) is 6.07 Å². The lowest BCUT2D eigenvalue weighted by atomic mass is 10.0. The van der Waals surface area contributed by atoms with Gasteiger partial charge in [-0.15, -0.1) is 10.2 Å². The van der Waals surface area contributed by atoms with E-state index in [4.69, 9.17) is 4.74 Å². The highest BCUT2D eigenvalue weighted by Gasteiger charge is 2.60. The number of benzene rings is 4. The fourth-order valence-electron chi connectivity index (χ4n) is 3.77. The Hall–Kier alpha value is -4.07. The van der Waals surface area contributed by atoms with Gasteiger partial charge in [0.1, 0.15) is 11.4 Å². The van der Waals surface area contributed by atoms with Crippen LogP contribution in [0.2, 0.25) is 0 Å². The van der Waals surface area contributed by atoms with Gasteiger partial charge in [0.15, 0.2) is 0 Å². The van der Waals surface area contributed by atoms with Crippen molar-refractivity contribution < 1.29 is 26.7 Å². The summed E-state index contributed by atoms with van der Waals surface area (Å²) in [7, 11) is 0. The Balaban J connectivity index is 1.72. The number of rotatable bonds is 4. The summed E-state index contributed by atoms with van der Waals surface area (Å²) < 4.78 is 73.2. The molecule has 5 aromatic rings. The number of nitrogens with zero attached hydrogens (tertiary/aromatic N) is 2. The fraction of sp³-hybridized carbons (Fsp3) is 0.0769. The number of ether oxygens (including phenoxy) is 1. The monoisotopic (exact) mass is 466 g/mol. The lowest BCUT2D eigenvalue weighted by molar-refractivity contribution is -0.289. The zero-order valence-corrected chi connectivity index (χ0v) is 17.4. The van der Waals surface area contributed by atoms with Crippen LogP contribution in [-0.2, 0) is 5.92 Å². The molecule has 0 saturated carbocycles. The Morgan fingerprint density at radius 3 is 1.88 bits per heavy atom. The molecule has 0 aliphatic heterocycles. The summed E-state index contributed by atoms with van der Waals surface area (Å²) in [4.78, 5) is 0. The maximum atomic E-state index is 14.2. The molecule has 0 aliphatic rings. The van der Waals surface area contributed by atoms with Crippen LogP contribution in [0.15, 0.2) is 91.0 Å². The molecule has 0 radical (unpaired) electrons. The van der Waals surface area contributed by atoms with Crippen molar-refractivity contribution in [1.82, 2.24) is 10.2 Å². The van der Waals surface area contributed by atoms with Gasteiger partial charge in [-0.05, 0) is 35.0 Å². The first-order valence-electron chi connectivity index (χ1n) is 10.2. The van der Waals surface area contributed by atoms with Gasteiger partial charge in [0.05, 0.1) is 5.56 Å². The van der Waals surface area contributed by atoms with Crippen LogP contribution in [0.1, 0.15) is 5.56 Å². The Kier molecular flexibility index (Phi) is 5.16. The van der Waals surface area contributed by atoms with Crippen molar-refractivity contribution in [2.24, 2.45) is 0 Å². The topological polar surface area (TPSA) is 35.0 Å². The minimum atomic E-state index is -5.78. The highest BCUT2D eigenvalue weighted by Crippen LogP contribution is 2.48. The first-order chi connectivity index (χ1) is 16.3. The number of hydrogen-bond acceptors (Lipinski definition) is 3. The second-order valence-corrected chi connectivity index (χ2v) is 7.64. The largest absolute Gasteiger partial charge is 0.458 e. The predicted molar refractivity (Wildman–Crippen MR) is 119 cm³/mol. The maximum Gasteiger partial charge on any atom is 0.458 e. The third-order valence-electron chi connectivity index (χ3n) is 5.45. The van der Waals surface area contributed by atoms with E-state index in [1.807, 2.05) is 60.7 Å². The Morgan fingerprint density at radius 1 is 0.618 bits per heavy atom. The van der Waals surface area contributed by atoms with Gasteiger partial charge in [0.2, 0.25) is 5.88 Å². The molecular weight excluding hydrogens is 451 g/mol. The molecule has 1 heterocycles. The average molecular weight is 466 g/mol. The van der Waals surface area contributed by atoms with Gasteiger partial charge in [-0.25, -0.2) is 0 Å². The Labute approximate surface area is 190 Å². The maximum absolute atomic E-state index is 14.2. The van der Waals surface area contributed by atoms with Crippen LogP contribution < -0.4 is 4.74 Å². The first-order valence-corrected chi connectivity index (χ1v) is 10.2. The summed E-state index contributed by atoms with van der Waals surface area (Å²) in [6, 6.07) is 24.5. The second-order valence-electron chi connectivity index (χ2n) is 7.64. The summed E-state index contributed by atoms with van der Waals surface area (Å²) >= 11 is 0. The van der Waals surface area contributed by atoms with E-state index in [2.05, 4.69) is 10.2 Å². The van der Waals surface area contributed by atoms with Crippen LogP contribution in [0.4, 0.5) is 22.0 Å². The van der Waals surface area contributed by atoms with Crippen molar-refractivity contribution in [2.75, 3.05) is 0 Å². The van der Waals surface area contributed by atoms with Crippen LogP contribution in [0, 0.1) is 0 Å². The molecule has 1 aromatic heterocycles. The van der Waals surface area contributed by atoms with E-state index >= 15 is 0 Å². The normalized spacial score (nSPS) is 12.3. The van der Waals surface area contributed by atoms with E-state index < -0.39 is 23.4 Å². The average Bonchev–Trinajstić information content (AvgIpc) is 2.83. The van der Waals surface area contributed by atoms with Crippen LogP contribution >= 0.6 is 0 Å². The van der Waals surface area contributed by atoms with Crippen molar-refractivity contribution in [1.29, 1.82) is 0 Å². The van der Waals surface area contributed by atoms with E-state index in [1.54, 1.807) is 6.07 Å². The molecule has 0 fully saturated rings. The standard InChI is InChI=1S/C26H15F5N2O/c27-25(28,26(29,30)31)21-12-6-7-13-22(21)34-24-20-15-18-11-5-4-10-17(18)14-19(20)23(32-33-24)16-8-2-1-3-9-16/h1-15H. The molecule has 0 aliphatic carbocycles. The van der Waals surface area contributed by atoms with Crippen molar-refractivity contribution in [2.45, 2.75) is 12.1 Å². The van der Waals surface area contributed by atoms with Gasteiger partial charge < -0.3 is 4.74 Å². The Morgan fingerprint density at radius 2 is 1.21 bits per heavy atom. The van der Waals surface area contributed by atoms with E-state index in [9.17, 15) is 22.0 Å².